The molecule has 206 valence electrons. The molecule has 2 aliphatic heterocycles. The molecule has 38 heavy (non-hydrogen) atoms. The van der Waals surface area contributed by atoms with Crippen molar-refractivity contribution in [1.82, 2.24) is 14.9 Å². The van der Waals surface area contributed by atoms with E-state index in [1.54, 1.807) is 43.3 Å². The molecule has 1 atom stereocenters. The largest absolute Gasteiger partial charge is 0.347 e. The number of hydrogen-bond donors (Lipinski definition) is 2. The van der Waals surface area contributed by atoms with Gasteiger partial charge >= 0.3 is 0 Å². The van der Waals surface area contributed by atoms with Crippen LogP contribution in [0.15, 0.2) is 63.3 Å². The number of nitrogens with zero attached hydrogens (tertiary/aromatic N) is 1. The molecule has 0 aromatic heterocycles. The van der Waals surface area contributed by atoms with Crippen LogP contribution in [0.25, 0.3) is 11.1 Å². The molecular weight excluding hydrogens is 621 g/mol. The van der Waals surface area contributed by atoms with Gasteiger partial charge in [-0.15, -0.1) is 0 Å². The third-order valence-corrected chi connectivity index (χ3v) is 11.3. The van der Waals surface area contributed by atoms with Crippen molar-refractivity contribution in [2.75, 3.05) is 26.2 Å². The number of piperidine rings is 1. The summed E-state index contributed by atoms with van der Waals surface area (Å²) in [5.74, 6) is -0.894. The Balaban J connectivity index is 1.45. The van der Waals surface area contributed by atoms with Gasteiger partial charge in [-0.3, -0.25) is 4.79 Å². The van der Waals surface area contributed by atoms with E-state index in [0.717, 1.165) is 5.41 Å². The van der Waals surface area contributed by atoms with Gasteiger partial charge in [0, 0.05) is 71.1 Å². The summed E-state index contributed by atoms with van der Waals surface area (Å²) in [6, 6.07) is 10.9. The van der Waals surface area contributed by atoms with Crippen molar-refractivity contribution < 1.29 is 26.0 Å². The summed E-state index contributed by atoms with van der Waals surface area (Å²) in [6.45, 7) is 1.91. The van der Waals surface area contributed by atoms with E-state index in [1.165, 1.54) is 16.4 Å². The van der Waals surface area contributed by atoms with Gasteiger partial charge in [0.15, 0.2) is 15.5 Å². The zero-order valence-corrected chi connectivity index (χ0v) is 24.5. The predicted molar refractivity (Wildman–Crippen MR) is 149 cm³/mol. The lowest BCUT2D eigenvalue weighted by Crippen LogP contribution is -2.53. The van der Waals surface area contributed by atoms with Crippen LogP contribution in [0.3, 0.4) is 0 Å². The second-order valence-corrected chi connectivity index (χ2v) is 14.8. The molecule has 2 saturated heterocycles. The fourth-order valence-corrected chi connectivity index (χ4v) is 7.89. The summed E-state index contributed by atoms with van der Waals surface area (Å²) >= 11 is 9.73. The summed E-state index contributed by atoms with van der Waals surface area (Å²) in [5, 5.41) is 6.33. The maximum atomic E-state index is 15.6. The molecule has 2 aromatic carbocycles. The van der Waals surface area contributed by atoms with Crippen LogP contribution in [0.2, 0.25) is 5.02 Å². The van der Waals surface area contributed by atoms with E-state index < -0.39 is 42.7 Å². The lowest BCUT2D eigenvalue weighted by molar-refractivity contribution is -0.135. The molecule has 2 heterocycles. The Morgan fingerprint density at radius 1 is 1.16 bits per heavy atom. The van der Waals surface area contributed by atoms with Gasteiger partial charge in [-0.25, -0.2) is 21.2 Å². The van der Waals surface area contributed by atoms with E-state index in [4.69, 9.17) is 11.6 Å². The highest BCUT2D eigenvalue weighted by molar-refractivity contribution is 9.10. The van der Waals surface area contributed by atoms with Gasteiger partial charge in [-0.05, 0) is 31.2 Å². The smallest absolute Gasteiger partial charge is 0.258 e. The third-order valence-electron chi connectivity index (χ3n) is 6.77. The van der Waals surface area contributed by atoms with E-state index in [9.17, 15) is 21.6 Å². The number of rotatable bonds is 8. The number of amides is 1. The van der Waals surface area contributed by atoms with E-state index >= 15 is 4.39 Å². The van der Waals surface area contributed by atoms with E-state index in [0.29, 0.717) is 33.7 Å². The van der Waals surface area contributed by atoms with Gasteiger partial charge in [0.1, 0.15) is 0 Å². The maximum Gasteiger partial charge on any atom is 0.258 e. The number of nitrogens with one attached hydrogen (secondary N) is 2. The molecule has 0 spiro atoms. The fourth-order valence-electron chi connectivity index (χ4n) is 4.28. The topological polar surface area (TPSA) is 113 Å². The molecule has 2 N–H and O–H groups in total. The Morgan fingerprint density at radius 2 is 1.82 bits per heavy atom. The Labute approximate surface area is 235 Å². The molecular formula is C25H28BrClFN3O5S2. The molecule has 13 heteroatoms. The fraction of sp³-hybridized carbons (Fsp3) is 0.400. The highest BCUT2D eigenvalue weighted by Crippen LogP contribution is 2.37. The van der Waals surface area contributed by atoms with E-state index in [2.05, 4.69) is 26.6 Å². The Kier molecular flexibility index (Phi) is 8.70. The van der Waals surface area contributed by atoms with Crippen LogP contribution in [0.4, 0.5) is 4.39 Å². The first-order chi connectivity index (χ1) is 17.8. The minimum Gasteiger partial charge on any atom is -0.347 e. The molecule has 2 fully saturated rings. The van der Waals surface area contributed by atoms with Crippen LogP contribution in [0.1, 0.15) is 19.8 Å². The third kappa shape index (κ3) is 6.15. The molecule has 4 rings (SSSR count). The Bertz CT molecular complexity index is 1460. The summed E-state index contributed by atoms with van der Waals surface area (Å²) in [6.07, 6.45) is 0.648. The second kappa shape index (κ2) is 11.3. The Morgan fingerprint density at radius 3 is 2.42 bits per heavy atom. The van der Waals surface area contributed by atoms with Crippen LogP contribution in [-0.2, 0) is 24.7 Å². The molecule has 0 bridgehead atoms. The Hall–Kier alpha value is -1.83. The zero-order chi connectivity index (χ0) is 27.7. The van der Waals surface area contributed by atoms with Gasteiger partial charge in [-0.1, -0.05) is 51.8 Å². The average Bonchev–Trinajstić information content (AvgIpc) is 2.82. The average molecular weight is 649 g/mol. The van der Waals surface area contributed by atoms with Gasteiger partial charge in [0.2, 0.25) is 10.0 Å². The molecule has 1 amide bonds. The summed E-state index contributed by atoms with van der Waals surface area (Å²) in [4.78, 5) is 12.8. The summed E-state index contributed by atoms with van der Waals surface area (Å²) < 4.78 is 69.0. The van der Waals surface area contributed by atoms with Crippen LogP contribution in [0.5, 0.6) is 0 Å². The standard InChI is InChI=1S/C25H28BrClFN3O5S2/c1-17(8-13-37(33,34)19-15-29-16-19)30-24(32)25(28)9-11-31(12-10-25)38(35,36)23-7-6-18(26)14-21(23)20-4-2-3-5-22(20)27/h2-8,13-14,17,19,29H,9-12,15-16H2,1H3,(H,30,32)/b13-8+/t17-/m0/s1. The molecule has 0 saturated carbocycles. The van der Waals surface area contributed by atoms with E-state index in [-0.39, 0.29) is 30.8 Å². The molecule has 0 unspecified atom stereocenters. The van der Waals surface area contributed by atoms with Crippen molar-refractivity contribution in [1.29, 1.82) is 0 Å². The predicted octanol–water partition coefficient (Wildman–Crippen LogP) is 3.67. The number of hydrogen-bond acceptors (Lipinski definition) is 6. The number of halogens is 3. The maximum absolute atomic E-state index is 15.6. The van der Waals surface area contributed by atoms with Crippen molar-refractivity contribution in [2.45, 2.75) is 41.6 Å². The number of alkyl halides is 1. The van der Waals surface area contributed by atoms with Crippen LogP contribution < -0.4 is 10.6 Å². The van der Waals surface area contributed by atoms with Crippen molar-refractivity contribution in [3.63, 3.8) is 0 Å². The number of sulfone groups is 1. The molecule has 0 radical (unpaired) electrons. The molecule has 0 aliphatic carbocycles. The van der Waals surface area contributed by atoms with Gasteiger partial charge in [-0.2, -0.15) is 4.31 Å². The first kappa shape index (κ1) is 29.2. The zero-order valence-electron chi connectivity index (χ0n) is 20.5. The van der Waals surface area contributed by atoms with Crippen molar-refractivity contribution >= 4 is 53.3 Å². The number of benzene rings is 2. The molecule has 2 aliphatic rings. The normalized spacial score (nSPS) is 19.7. The highest BCUT2D eigenvalue weighted by Gasteiger charge is 2.45. The monoisotopic (exact) mass is 647 g/mol. The highest BCUT2D eigenvalue weighted by atomic mass is 79.9. The first-order valence-electron chi connectivity index (χ1n) is 12.0. The lowest BCUT2D eigenvalue weighted by atomic mass is 9.93. The van der Waals surface area contributed by atoms with Crippen molar-refractivity contribution in [2.24, 2.45) is 0 Å². The van der Waals surface area contributed by atoms with Crippen LogP contribution in [0, 0.1) is 0 Å². The quantitative estimate of drug-likeness (QED) is 0.452. The minimum absolute atomic E-state index is 0.0336. The van der Waals surface area contributed by atoms with Crippen LogP contribution in [-0.4, -0.2) is 70.2 Å². The van der Waals surface area contributed by atoms with Crippen molar-refractivity contribution in [3.05, 3.63) is 63.4 Å². The molecule has 8 nitrogen and oxygen atoms in total. The number of carbonyl (C=O) groups excluding carboxylic acids is 1. The molecule has 2 aromatic rings. The van der Waals surface area contributed by atoms with Gasteiger partial charge in [0.05, 0.1) is 10.1 Å². The second-order valence-electron chi connectivity index (χ2n) is 9.45. The van der Waals surface area contributed by atoms with Crippen LogP contribution >= 0.6 is 27.5 Å². The van der Waals surface area contributed by atoms with Crippen molar-refractivity contribution in [3.8, 4) is 11.1 Å². The van der Waals surface area contributed by atoms with Gasteiger partial charge in [0.25, 0.3) is 5.91 Å². The summed E-state index contributed by atoms with van der Waals surface area (Å²) in [5.41, 5.74) is -1.33. The number of sulfonamides is 1. The van der Waals surface area contributed by atoms with Gasteiger partial charge < -0.3 is 10.6 Å². The summed E-state index contributed by atoms with van der Waals surface area (Å²) in [7, 11) is -7.48. The van der Waals surface area contributed by atoms with E-state index in [1.807, 2.05) is 0 Å². The first-order valence-corrected chi connectivity index (χ1v) is 16.2. The number of carbonyl (C=O) groups is 1. The lowest BCUT2D eigenvalue weighted by Gasteiger charge is -2.35. The SMILES string of the molecule is C[C@@H](/C=C/S(=O)(=O)C1CNC1)NC(=O)C1(F)CCN(S(=O)(=O)c2ccc(Br)cc2-c2ccccc2Cl)CC1. The minimum atomic E-state index is -4.03.